The molecule has 0 heterocycles. The van der Waals surface area contributed by atoms with Gasteiger partial charge in [-0.1, -0.05) is 113 Å². The number of esters is 2. The lowest BCUT2D eigenvalue weighted by molar-refractivity contribution is -0.177. The Hall–Kier alpha value is -1.69. The molecule has 0 aromatic heterocycles. The fourth-order valence-electron chi connectivity index (χ4n) is 5.87. The number of ether oxygens (including phenoxy) is 3. The number of amides is 1. The van der Waals surface area contributed by atoms with Crippen LogP contribution >= 0.6 is 0 Å². The zero-order valence-electron chi connectivity index (χ0n) is 31.7. The van der Waals surface area contributed by atoms with Crippen molar-refractivity contribution in [3.8, 4) is 0 Å². The van der Waals surface area contributed by atoms with Crippen molar-refractivity contribution in [1.29, 1.82) is 0 Å². The molecule has 47 heavy (non-hydrogen) atoms. The van der Waals surface area contributed by atoms with Crippen molar-refractivity contribution in [1.82, 2.24) is 5.32 Å². The molecule has 0 aromatic rings. The molecule has 1 amide bonds. The Labute approximate surface area is 287 Å². The van der Waals surface area contributed by atoms with Crippen LogP contribution in [0.3, 0.4) is 0 Å². The highest BCUT2D eigenvalue weighted by Gasteiger charge is 2.45. The third kappa shape index (κ3) is 18.6. The van der Waals surface area contributed by atoms with Crippen molar-refractivity contribution in [2.24, 2.45) is 17.8 Å². The lowest BCUT2D eigenvalue weighted by Crippen LogP contribution is -2.59. The maximum absolute atomic E-state index is 13.9. The third-order valence-electron chi connectivity index (χ3n) is 9.21. The summed E-state index contributed by atoms with van der Waals surface area (Å²) < 4.78 is 22.9. The molecule has 5 atom stereocenters. The van der Waals surface area contributed by atoms with Gasteiger partial charge in [0.2, 0.25) is 0 Å². The molecule has 11 heteroatoms. The van der Waals surface area contributed by atoms with Crippen molar-refractivity contribution >= 4 is 26.3 Å². The van der Waals surface area contributed by atoms with Gasteiger partial charge in [-0.25, -0.2) is 14.4 Å². The molecule has 0 rings (SSSR count). The molecule has 0 aromatic carbocycles. The zero-order valence-corrected chi connectivity index (χ0v) is 32.7. The second-order valence-electron chi connectivity index (χ2n) is 14.7. The number of carbonyl (C=O) groups is 3. The van der Waals surface area contributed by atoms with Crippen molar-refractivity contribution in [3.63, 3.8) is 0 Å². The smallest absolute Gasteiger partial charge is 0.408 e. The number of rotatable bonds is 25. The van der Waals surface area contributed by atoms with Gasteiger partial charge in [0.05, 0.1) is 7.11 Å². The van der Waals surface area contributed by atoms with E-state index in [9.17, 15) is 24.6 Å². The molecular weight excluding hydrogens is 618 g/mol. The zero-order chi connectivity index (χ0) is 36.2. The Kier molecular flexibility index (Phi) is 22.8. The van der Waals surface area contributed by atoms with Crippen LogP contribution in [0.5, 0.6) is 0 Å². The summed E-state index contributed by atoms with van der Waals surface area (Å²) in [6, 6.07) is 0.491. The second kappa shape index (κ2) is 23.6. The minimum Gasteiger partial charge on any atom is -0.467 e. The topological polar surface area (TPSA) is 141 Å². The first-order chi connectivity index (χ1) is 22.0. The summed E-state index contributed by atoms with van der Waals surface area (Å²) in [7, 11) is -1.29. The fraction of sp³-hybridized carbons (Fsp3) is 0.917. The number of alkyl carbamates (subject to hydrolysis) is 1. The summed E-state index contributed by atoms with van der Waals surface area (Å²) in [4.78, 5) is 40.0. The van der Waals surface area contributed by atoms with Gasteiger partial charge in [-0.2, -0.15) is 0 Å². The Balaban J connectivity index is 5.75. The van der Waals surface area contributed by atoms with E-state index in [1.165, 1.54) is 52.1 Å². The minimum atomic E-state index is -2.49. The molecule has 0 radical (unpaired) electrons. The van der Waals surface area contributed by atoms with Crippen LogP contribution in [0.2, 0.25) is 18.1 Å². The van der Waals surface area contributed by atoms with Crippen LogP contribution in [-0.4, -0.2) is 73.8 Å². The van der Waals surface area contributed by atoms with Crippen LogP contribution in [0.1, 0.15) is 140 Å². The van der Waals surface area contributed by atoms with Gasteiger partial charge in [-0.3, -0.25) is 0 Å². The molecule has 278 valence electrons. The van der Waals surface area contributed by atoms with E-state index in [-0.39, 0.29) is 5.92 Å². The van der Waals surface area contributed by atoms with Crippen LogP contribution in [0, 0.1) is 17.8 Å². The predicted molar refractivity (Wildman–Crippen MR) is 189 cm³/mol. The first kappa shape index (κ1) is 45.3. The SMILES string of the molecule is CC[Si](CC)(CC)O[C@H](C(=O)OC)[C@H](NC(=O)OC(C)(C)C)C(=O)O[C@@H]([C@H](C)CCCCCCCCCCCC(C)C)[C@H](C)C(O)O. The number of aliphatic hydroxyl groups excluding tert-OH is 1. The quantitative estimate of drug-likeness (QED) is 0.0287. The van der Waals surface area contributed by atoms with Crippen LogP contribution < -0.4 is 5.32 Å². The average Bonchev–Trinajstić information content (AvgIpc) is 3.00. The van der Waals surface area contributed by atoms with Gasteiger partial charge in [0.25, 0.3) is 0 Å². The van der Waals surface area contributed by atoms with Gasteiger partial charge < -0.3 is 34.2 Å². The third-order valence-corrected chi connectivity index (χ3v) is 13.8. The van der Waals surface area contributed by atoms with E-state index in [1.807, 2.05) is 27.7 Å². The van der Waals surface area contributed by atoms with Crippen LogP contribution in [0.4, 0.5) is 4.79 Å². The fourth-order valence-corrected chi connectivity index (χ4v) is 8.64. The number of carbonyl (C=O) groups excluding carboxylic acids is 3. The molecule has 0 unspecified atom stereocenters. The summed E-state index contributed by atoms with van der Waals surface area (Å²) in [5.41, 5.74) is -0.866. The summed E-state index contributed by atoms with van der Waals surface area (Å²) in [5, 5.41) is 22.7. The molecule has 0 saturated carbocycles. The maximum atomic E-state index is 13.9. The van der Waals surface area contributed by atoms with Gasteiger partial charge >= 0.3 is 18.0 Å². The van der Waals surface area contributed by atoms with Crippen molar-refractivity contribution in [2.45, 2.75) is 188 Å². The highest BCUT2D eigenvalue weighted by atomic mass is 28.4. The van der Waals surface area contributed by atoms with Gasteiger partial charge in [-0.15, -0.1) is 0 Å². The van der Waals surface area contributed by atoms with Gasteiger partial charge in [0.1, 0.15) is 11.7 Å². The molecule has 3 N–H and O–H groups in total. The Morgan fingerprint density at radius 2 is 1.21 bits per heavy atom. The van der Waals surface area contributed by atoms with Crippen molar-refractivity contribution < 1.29 is 43.2 Å². The Bertz CT molecular complexity index is 865. The number of methoxy groups -OCH3 is 1. The van der Waals surface area contributed by atoms with Crippen molar-refractivity contribution in [2.75, 3.05) is 7.11 Å². The first-order valence-electron chi connectivity index (χ1n) is 18.3. The van der Waals surface area contributed by atoms with Crippen LogP contribution in [0.25, 0.3) is 0 Å². The molecule has 10 nitrogen and oxygen atoms in total. The molecule has 0 aliphatic rings. The van der Waals surface area contributed by atoms with E-state index in [0.717, 1.165) is 25.2 Å². The van der Waals surface area contributed by atoms with Crippen LogP contribution in [0.15, 0.2) is 0 Å². The lowest BCUT2D eigenvalue weighted by atomic mass is 9.88. The summed E-state index contributed by atoms with van der Waals surface area (Å²) in [6.07, 6.45) is 7.69. The summed E-state index contributed by atoms with van der Waals surface area (Å²) in [6.45, 7) is 19.1. The Morgan fingerprint density at radius 1 is 0.745 bits per heavy atom. The van der Waals surface area contributed by atoms with Gasteiger partial charge in [-0.05, 0) is 57.2 Å². The van der Waals surface area contributed by atoms with Crippen LogP contribution in [-0.2, 0) is 28.2 Å². The average molecular weight is 690 g/mol. The van der Waals surface area contributed by atoms with Crippen molar-refractivity contribution in [3.05, 3.63) is 0 Å². The molecule has 0 spiro atoms. The van der Waals surface area contributed by atoms with Gasteiger partial charge in [0.15, 0.2) is 26.8 Å². The second-order valence-corrected chi connectivity index (χ2v) is 19.5. The molecule has 0 aliphatic carbocycles. The standard InChI is InChI=1S/C36H71NO9Si/c1-12-47(13-2,14-3)46-31(34(41)43-11)29(37-35(42)45-36(8,9)10)33(40)44-30(28(7)32(38)39)27(6)25-23-21-19-17-15-16-18-20-22-24-26(4)5/h26-32,38-39H,12-25H2,1-11H3,(H,37,42)/t27-,28+,29+,30+,31+/m1/s1. The normalized spacial score (nSPS) is 15.6. The number of hydrogen-bond donors (Lipinski definition) is 3. The highest BCUT2D eigenvalue weighted by molar-refractivity contribution is 6.73. The van der Waals surface area contributed by atoms with E-state index in [1.54, 1.807) is 27.7 Å². The molecule has 0 aliphatic heterocycles. The van der Waals surface area contributed by atoms with E-state index < -0.39 is 62.4 Å². The highest BCUT2D eigenvalue weighted by Crippen LogP contribution is 2.28. The summed E-state index contributed by atoms with van der Waals surface area (Å²) >= 11 is 0. The first-order valence-corrected chi connectivity index (χ1v) is 20.8. The molecule has 0 fully saturated rings. The molecular formula is C36H71NO9Si. The summed E-state index contributed by atoms with van der Waals surface area (Å²) in [5.74, 6) is -1.99. The predicted octanol–water partition coefficient (Wildman–Crippen LogP) is 7.88. The number of hydrogen-bond acceptors (Lipinski definition) is 9. The van der Waals surface area contributed by atoms with E-state index in [4.69, 9.17) is 18.6 Å². The largest absolute Gasteiger partial charge is 0.467 e. The van der Waals surface area contributed by atoms with E-state index in [2.05, 4.69) is 19.2 Å². The number of aliphatic hydroxyl groups is 2. The lowest BCUT2D eigenvalue weighted by Gasteiger charge is -2.36. The minimum absolute atomic E-state index is 0.216. The number of nitrogens with one attached hydrogen (secondary N) is 1. The number of unbranched alkanes of at least 4 members (excludes halogenated alkanes) is 8. The van der Waals surface area contributed by atoms with E-state index >= 15 is 0 Å². The molecule has 0 saturated heterocycles. The maximum Gasteiger partial charge on any atom is 0.408 e. The van der Waals surface area contributed by atoms with E-state index in [0.29, 0.717) is 24.6 Å². The Morgan fingerprint density at radius 3 is 1.62 bits per heavy atom. The molecule has 0 bridgehead atoms. The monoisotopic (exact) mass is 689 g/mol. The van der Waals surface area contributed by atoms with Gasteiger partial charge in [0, 0.05) is 5.92 Å².